The fourth-order valence-electron chi connectivity index (χ4n) is 8.96. The maximum Gasteiger partial charge on any atom is 0.410 e. The molecule has 5 heterocycles. The van der Waals surface area contributed by atoms with Gasteiger partial charge in [-0.15, -0.1) is 0 Å². The topological polar surface area (TPSA) is 281 Å². The summed E-state index contributed by atoms with van der Waals surface area (Å²) in [5.41, 5.74) is 13.4. The third-order valence-electron chi connectivity index (χ3n) is 13.1. The zero-order chi connectivity index (χ0) is 55.8. The van der Waals surface area contributed by atoms with Crippen molar-refractivity contribution in [1.82, 2.24) is 55.3 Å². The van der Waals surface area contributed by atoms with Gasteiger partial charge in [-0.05, 0) is 103 Å². The van der Waals surface area contributed by atoms with E-state index in [9.17, 15) is 33.6 Å². The van der Waals surface area contributed by atoms with Crippen LogP contribution in [0.2, 0.25) is 0 Å². The molecule has 0 radical (unpaired) electrons. The number of carbonyl (C=O) groups excluding carboxylic acids is 7. The van der Waals surface area contributed by atoms with E-state index in [1.165, 1.54) is 18.5 Å². The van der Waals surface area contributed by atoms with Gasteiger partial charge in [0.2, 0.25) is 17.7 Å². The fraction of sp³-hybridized carbons (Fsp3) is 0.293. The molecule has 8 amide bonds. The highest BCUT2D eigenvalue weighted by molar-refractivity contribution is 6.12. The second kappa shape index (κ2) is 26.5. The minimum atomic E-state index is -1.07. The van der Waals surface area contributed by atoms with Crippen LogP contribution in [0, 0.1) is 12.8 Å². The lowest BCUT2D eigenvalue weighted by Crippen LogP contribution is -2.54. The van der Waals surface area contributed by atoms with Crippen LogP contribution in [0.25, 0.3) is 39.4 Å². The SMILES string of the molecule is Cc1cccc(-c2nc(CN(Cc3cccc(-c4ccccc4)c3)C(=O)OCc3ccc(NC(=O)[C@H](CCCNC(N)=O)NC(=O)[C@@H](NC(=O)CCCCCN4C(=O)C=CC4=O)C(C)C)cc3)[nH]c2-c2ccc3ncnn3c2)n1. The molecular weight excluding hydrogens is 1010 g/mol. The molecule has 1 aliphatic rings. The van der Waals surface area contributed by atoms with Crippen molar-refractivity contribution in [2.75, 3.05) is 18.4 Å². The number of benzene rings is 3. The molecule has 4 aromatic heterocycles. The predicted octanol–water partition coefficient (Wildman–Crippen LogP) is 6.99. The number of carbonyl (C=O) groups is 7. The van der Waals surface area contributed by atoms with E-state index in [1.54, 1.807) is 47.5 Å². The van der Waals surface area contributed by atoms with Gasteiger partial charge >= 0.3 is 12.1 Å². The number of rotatable bonds is 25. The van der Waals surface area contributed by atoms with Crippen LogP contribution in [0.3, 0.4) is 0 Å². The molecule has 0 unspecified atom stereocenters. The quantitative estimate of drug-likeness (QED) is 0.0250. The van der Waals surface area contributed by atoms with Crippen molar-refractivity contribution in [3.8, 4) is 33.8 Å². The van der Waals surface area contributed by atoms with E-state index in [-0.39, 0.29) is 75.7 Å². The minimum Gasteiger partial charge on any atom is -0.445 e. The molecule has 0 aliphatic carbocycles. The molecule has 8 rings (SSSR count). The molecule has 2 atom stereocenters. The monoisotopic (exact) mass is 1070 g/mol. The second-order valence-corrected chi connectivity index (χ2v) is 19.5. The summed E-state index contributed by atoms with van der Waals surface area (Å²) in [7, 11) is 0. The molecule has 21 heteroatoms. The predicted molar refractivity (Wildman–Crippen MR) is 295 cm³/mol. The fourth-order valence-corrected chi connectivity index (χ4v) is 8.96. The lowest BCUT2D eigenvalue weighted by Gasteiger charge is -2.25. The van der Waals surface area contributed by atoms with E-state index in [0.29, 0.717) is 59.1 Å². The van der Waals surface area contributed by atoms with Gasteiger partial charge in [-0.2, -0.15) is 5.10 Å². The Morgan fingerprint density at radius 3 is 2.27 bits per heavy atom. The molecule has 7 N–H and O–H groups in total. The van der Waals surface area contributed by atoms with E-state index < -0.39 is 36.0 Å². The Morgan fingerprint density at radius 2 is 1.52 bits per heavy atom. The largest absolute Gasteiger partial charge is 0.445 e. The average molecular weight is 1070 g/mol. The van der Waals surface area contributed by atoms with Crippen LogP contribution in [-0.4, -0.2) is 106 Å². The highest BCUT2D eigenvalue weighted by Gasteiger charge is 2.30. The van der Waals surface area contributed by atoms with E-state index in [1.807, 2.05) is 98.0 Å². The van der Waals surface area contributed by atoms with Crippen molar-refractivity contribution in [2.45, 2.75) is 91.1 Å². The number of amides is 8. The molecule has 21 nitrogen and oxygen atoms in total. The van der Waals surface area contributed by atoms with Crippen molar-refractivity contribution >= 4 is 53.0 Å². The second-order valence-electron chi connectivity index (χ2n) is 19.5. The number of anilines is 1. The normalized spacial score (nSPS) is 12.8. The van der Waals surface area contributed by atoms with Gasteiger partial charge in [0.1, 0.15) is 36.5 Å². The summed E-state index contributed by atoms with van der Waals surface area (Å²) in [6.07, 6.45) is 7.28. The minimum absolute atomic E-state index is 0.0391. The number of urea groups is 1. The van der Waals surface area contributed by atoms with Gasteiger partial charge in [0.05, 0.1) is 17.9 Å². The number of unbranched alkanes of at least 4 members (excludes halogenated alkanes) is 2. The van der Waals surface area contributed by atoms with Crippen LogP contribution < -0.4 is 27.0 Å². The molecule has 408 valence electrons. The summed E-state index contributed by atoms with van der Waals surface area (Å²) < 4.78 is 7.67. The van der Waals surface area contributed by atoms with Gasteiger partial charge in [-0.1, -0.05) is 87.0 Å². The number of aromatic nitrogens is 6. The molecule has 0 saturated heterocycles. The number of fused-ring (bicyclic) bond motifs is 1. The molecular formula is C58H63N13O8. The number of imide groups is 1. The Morgan fingerprint density at radius 1 is 0.759 bits per heavy atom. The highest BCUT2D eigenvalue weighted by atomic mass is 16.6. The summed E-state index contributed by atoms with van der Waals surface area (Å²) in [5.74, 6) is -2.05. The van der Waals surface area contributed by atoms with Crippen molar-refractivity contribution in [1.29, 1.82) is 0 Å². The zero-order valence-electron chi connectivity index (χ0n) is 44.2. The van der Waals surface area contributed by atoms with Gasteiger partial charge in [0, 0.05) is 61.3 Å². The Balaban J connectivity index is 0.932. The number of imidazole rings is 1. The maximum absolute atomic E-state index is 14.3. The molecule has 0 bridgehead atoms. The Hall–Kier alpha value is -9.53. The molecule has 0 saturated carbocycles. The lowest BCUT2D eigenvalue weighted by atomic mass is 10.0. The maximum atomic E-state index is 14.3. The number of pyridine rings is 2. The van der Waals surface area contributed by atoms with Crippen LogP contribution in [0.4, 0.5) is 15.3 Å². The van der Waals surface area contributed by atoms with Crippen molar-refractivity contribution in [2.24, 2.45) is 11.7 Å². The first-order chi connectivity index (χ1) is 38.2. The van der Waals surface area contributed by atoms with Gasteiger partial charge in [0.15, 0.2) is 5.65 Å². The Kier molecular flexibility index (Phi) is 18.7. The number of aryl methyl sites for hydroxylation is 1. The summed E-state index contributed by atoms with van der Waals surface area (Å²) in [6.45, 7) is 5.96. The van der Waals surface area contributed by atoms with E-state index in [0.717, 1.165) is 32.8 Å². The number of ether oxygens (including phenoxy) is 1. The van der Waals surface area contributed by atoms with Crippen LogP contribution >= 0.6 is 0 Å². The van der Waals surface area contributed by atoms with E-state index >= 15 is 0 Å². The van der Waals surface area contributed by atoms with Crippen LogP contribution in [0.1, 0.15) is 75.0 Å². The summed E-state index contributed by atoms with van der Waals surface area (Å²) >= 11 is 0. The van der Waals surface area contributed by atoms with E-state index in [2.05, 4.69) is 36.3 Å². The number of aromatic amines is 1. The van der Waals surface area contributed by atoms with Crippen molar-refractivity contribution in [3.05, 3.63) is 157 Å². The number of H-pyrrole nitrogens is 1. The van der Waals surface area contributed by atoms with Crippen LogP contribution in [-0.2, 0) is 48.4 Å². The lowest BCUT2D eigenvalue weighted by molar-refractivity contribution is -0.137. The highest BCUT2D eigenvalue weighted by Crippen LogP contribution is 2.31. The molecule has 0 fully saturated rings. The molecule has 79 heavy (non-hydrogen) atoms. The molecule has 0 spiro atoms. The number of nitrogens with one attached hydrogen (secondary N) is 5. The van der Waals surface area contributed by atoms with Gasteiger partial charge in [-0.25, -0.2) is 24.1 Å². The first-order valence-electron chi connectivity index (χ1n) is 26.1. The van der Waals surface area contributed by atoms with Crippen LogP contribution in [0.5, 0.6) is 0 Å². The third kappa shape index (κ3) is 15.3. The smallest absolute Gasteiger partial charge is 0.410 e. The molecule has 3 aromatic carbocycles. The first-order valence-corrected chi connectivity index (χ1v) is 26.1. The van der Waals surface area contributed by atoms with E-state index in [4.69, 9.17) is 20.4 Å². The first kappa shape index (κ1) is 55.7. The molecule has 7 aromatic rings. The van der Waals surface area contributed by atoms with Crippen LogP contribution in [0.15, 0.2) is 134 Å². The third-order valence-corrected chi connectivity index (χ3v) is 13.1. The number of nitrogens with zero attached hydrogens (tertiary/aromatic N) is 7. The Labute approximate surface area is 456 Å². The number of nitrogens with two attached hydrogens (primary N) is 1. The average Bonchev–Trinajstić information content (AvgIpc) is 4.19. The summed E-state index contributed by atoms with van der Waals surface area (Å²) in [4.78, 5) is 110. The number of primary amides is 1. The summed E-state index contributed by atoms with van der Waals surface area (Å²) in [5, 5.41) is 15.3. The van der Waals surface area contributed by atoms with Gasteiger partial charge in [0.25, 0.3) is 11.8 Å². The van der Waals surface area contributed by atoms with Crippen molar-refractivity contribution in [3.63, 3.8) is 0 Å². The summed E-state index contributed by atoms with van der Waals surface area (Å²) in [6, 6.07) is 31.4. The zero-order valence-corrected chi connectivity index (χ0v) is 44.2. The van der Waals surface area contributed by atoms with Crippen molar-refractivity contribution < 1.29 is 38.3 Å². The van der Waals surface area contributed by atoms with Gasteiger partial charge in [-0.3, -0.25) is 38.8 Å². The molecule has 1 aliphatic heterocycles. The number of hydrogen-bond acceptors (Lipinski definition) is 12. The Bertz CT molecular complexity index is 3320. The standard InChI is InChI=1S/C58H63N13O8/c1-37(2)52(68-49(72)20-8-5-9-30-70-50(73)27-28-51(70)74)56(76)65-46(19-12-29-60-57(59)77)55(75)64-44-24-21-39(22-25-44)35-79-58(78)69(32-40-14-11-17-42(31-40)41-15-6-4-7-16-41)34-47-66-53(43-23-26-48-61-36-62-71(48)33-43)54(67-47)45-18-10-13-38(3)63-45/h4,6-7,10-11,13-18,21-28,31,33,36-37,46,52H,5,8-9,12,19-20,29-30,32,34-35H2,1-3H3,(H,64,75)(H,65,76)(H,66,67)(H,68,72)(H3,59,60,77)/t46-,52-/m0/s1. The number of hydrogen-bond donors (Lipinski definition) is 6. The van der Waals surface area contributed by atoms with Gasteiger partial charge < -0.3 is 36.7 Å².